The fourth-order valence-electron chi connectivity index (χ4n) is 2.52. The molecule has 0 unspecified atom stereocenters. The Bertz CT molecular complexity index is 670. The third-order valence-electron chi connectivity index (χ3n) is 3.48. The Kier molecular flexibility index (Phi) is 2.91. The maximum absolute atomic E-state index is 12.1. The normalized spacial score (nSPS) is 13.4. The van der Waals surface area contributed by atoms with Crippen molar-refractivity contribution in [3.8, 4) is 17.0 Å². The summed E-state index contributed by atoms with van der Waals surface area (Å²) in [7, 11) is 3.58. The van der Waals surface area contributed by atoms with Gasteiger partial charge in [0.2, 0.25) is 0 Å². The summed E-state index contributed by atoms with van der Waals surface area (Å²) in [5, 5.41) is 6.17. The number of aromatic amines is 1. The molecule has 1 aliphatic rings. The summed E-state index contributed by atoms with van der Waals surface area (Å²) < 4.78 is 7.03. The van der Waals surface area contributed by atoms with Crippen LogP contribution in [0.15, 0.2) is 23.0 Å². The Morgan fingerprint density at radius 1 is 1.47 bits per heavy atom. The first-order chi connectivity index (χ1) is 9.20. The van der Waals surface area contributed by atoms with E-state index in [-0.39, 0.29) is 5.56 Å². The van der Waals surface area contributed by atoms with Crippen molar-refractivity contribution in [1.82, 2.24) is 15.1 Å². The van der Waals surface area contributed by atoms with Crippen molar-refractivity contribution in [2.75, 3.05) is 13.7 Å². The van der Waals surface area contributed by atoms with E-state index in [9.17, 15) is 4.79 Å². The van der Waals surface area contributed by atoms with Crippen LogP contribution in [0, 0.1) is 0 Å². The van der Waals surface area contributed by atoms with Gasteiger partial charge < -0.3 is 10.1 Å². The Balaban J connectivity index is 2.11. The number of nitrogens with one attached hydrogen (secondary N) is 2. The summed E-state index contributed by atoms with van der Waals surface area (Å²) in [6.45, 7) is 1.30. The molecule has 0 atom stereocenters. The second-order valence-electron chi connectivity index (χ2n) is 4.78. The van der Waals surface area contributed by atoms with Crippen LogP contribution >= 0.6 is 0 Å². The van der Waals surface area contributed by atoms with Gasteiger partial charge in [-0.2, -0.15) is 0 Å². The molecule has 0 saturated carbocycles. The number of rotatable bonds is 3. The van der Waals surface area contributed by atoms with Gasteiger partial charge in [0.1, 0.15) is 5.75 Å². The van der Waals surface area contributed by atoms with E-state index < -0.39 is 0 Å². The minimum absolute atomic E-state index is 0.0149. The van der Waals surface area contributed by atoms with Crippen LogP contribution in [0.5, 0.6) is 5.75 Å². The van der Waals surface area contributed by atoms with Crippen LogP contribution in [0.3, 0.4) is 0 Å². The van der Waals surface area contributed by atoms with Gasteiger partial charge in [-0.25, -0.2) is 0 Å². The Morgan fingerprint density at radius 2 is 2.32 bits per heavy atom. The largest absolute Gasteiger partial charge is 0.493 e. The molecule has 0 spiro atoms. The van der Waals surface area contributed by atoms with Crippen LogP contribution in [0.2, 0.25) is 0 Å². The van der Waals surface area contributed by atoms with Gasteiger partial charge in [0, 0.05) is 25.6 Å². The van der Waals surface area contributed by atoms with E-state index in [1.165, 1.54) is 10.2 Å². The quantitative estimate of drug-likeness (QED) is 0.865. The molecule has 1 aliphatic heterocycles. The molecule has 5 heteroatoms. The first kappa shape index (κ1) is 12.0. The molecule has 0 aliphatic carbocycles. The second-order valence-corrected chi connectivity index (χ2v) is 4.78. The zero-order chi connectivity index (χ0) is 13.4. The van der Waals surface area contributed by atoms with Crippen molar-refractivity contribution in [2.45, 2.75) is 13.0 Å². The van der Waals surface area contributed by atoms with Crippen LogP contribution < -0.4 is 15.6 Å². The average molecular weight is 259 g/mol. The first-order valence-corrected chi connectivity index (χ1v) is 6.39. The van der Waals surface area contributed by atoms with Gasteiger partial charge in [-0.3, -0.25) is 14.6 Å². The van der Waals surface area contributed by atoms with Crippen molar-refractivity contribution in [3.63, 3.8) is 0 Å². The maximum atomic E-state index is 12.1. The van der Waals surface area contributed by atoms with Gasteiger partial charge in [-0.15, -0.1) is 0 Å². The highest BCUT2D eigenvalue weighted by Crippen LogP contribution is 2.30. The number of hydrogen-bond donors (Lipinski definition) is 2. The van der Waals surface area contributed by atoms with Gasteiger partial charge in [-0.1, -0.05) is 0 Å². The topological polar surface area (TPSA) is 59.0 Å². The standard InChI is InChI=1S/C14H17N3O2/c1-15-8-11-13(16-17(2)14(11)18)10-3-4-12-9(7-10)5-6-19-12/h3-4,7,15-16H,5-6,8H2,1-2H3. The Hall–Kier alpha value is -2.01. The first-order valence-electron chi connectivity index (χ1n) is 6.39. The van der Waals surface area contributed by atoms with Crippen molar-refractivity contribution in [2.24, 2.45) is 7.05 Å². The summed E-state index contributed by atoms with van der Waals surface area (Å²) in [5.74, 6) is 0.956. The predicted molar refractivity (Wildman–Crippen MR) is 73.4 cm³/mol. The summed E-state index contributed by atoms with van der Waals surface area (Å²) >= 11 is 0. The summed E-state index contributed by atoms with van der Waals surface area (Å²) in [5.41, 5.74) is 3.91. The molecule has 5 nitrogen and oxygen atoms in total. The highest BCUT2D eigenvalue weighted by Gasteiger charge is 2.17. The molecular formula is C14H17N3O2. The minimum atomic E-state index is 0.0149. The minimum Gasteiger partial charge on any atom is -0.493 e. The van der Waals surface area contributed by atoms with Gasteiger partial charge in [0.15, 0.2) is 0 Å². The Morgan fingerprint density at radius 3 is 3.11 bits per heavy atom. The van der Waals surface area contributed by atoms with Crippen molar-refractivity contribution >= 4 is 0 Å². The third-order valence-corrected chi connectivity index (χ3v) is 3.48. The summed E-state index contributed by atoms with van der Waals surface area (Å²) in [4.78, 5) is 12.1. The number of aromatic nitrogens is 2. The van der Waals surface area contributed by atoms with Crippen LogP contribution in [0.25, 0.3) is 11.3 Å². The Labute approximate surface area is 111 Å². The van der Waals surface area contributed by atoms with E-state index in [0.717, 1.165) is 35.6 Å². The molecule has 0 radical (unpaired) electrons. The van der Waals surface area contributed by atoms with Gasteiger partial charge in [0.05, 0.1) is 17.9 Å². The summed E-state index contributed by atoms with van der Waals surface area (Å²) in [6, 6.07) is 6.08. The zero-order valence-corrected chi connectivity index (χ0v) is 11.1. The third kappa shape index (κ3) is 1.96. The van der Waals surface area contributed by atoms with E-state index >= 15 is 0 Å². The van der Waals surface area contributed by atoms with Gasteiger partial charge in [0.25, 0.3) is 5.56 Å². The molecule has 19 heavy (non-hydrogen) atoms. The van der Waals surface area contributed by atoms with Gasteiger partial charge >= 0.3 is 0 Å². The highest BCUT2D eigenvalue weighted by molar-refractivity contribution is 5.65. The number of fused-ring (bicyclic) bond motifs is 1. The van der Waals surface area contributed by atoms with Crippen LogP contribution in [-0.2, 0) is 20.0 Å². The zero-order valence-electron chi connectivity index (χ0n) is 11.1. The molecule has 0 amide bonds. The maximum Gasteiger partial charge on any atom is 0.271 e. The van der Waals surface area contributed by atoms with Crippen LogP contribution in [0.1, 0.15) is 11.1 Å². The van der Waals surface area contributed by atoms with Crippen molar-refractivity contribution in [1.29, 1.82) is 0 Å². The lowest BCUT2D eigenvalue weighted by molar-refractivity contribution is 0.357. The van der Waals surface area contributed by atoms with Crippen molar-refractivity contribution < 1.29 is 4.74 Å². The summed E-state index contributed by atoms with van der Waals surface area (Å²) in [6.07, 6.45) is 0.932. The number of H-pyrrole nitrogens is 1. The van der Waals surface area contributed by atoms with E-state index in [2.05, 4.69) is 16.5 Å². The number of ether oxygens (including phenoxy) is 1. The molecule has 2 heterocycles. The molecule has 0 fully saturated rings. The SMILES string of the molecule is CNCc1c(-c2ccc3c(c2)CCO3)[nH]n(C)c1=O. The van der Waals surface area contributed by atoms with Gasteiger partial charge in [-0.05, 0) is 30.8 Å². The lowest BCUT2D eigenvalue weighted by Crippen LogP contribution is -2.19. The molecule has 1 aromatic heterocycles. The molecule has 0 saturated heterocycles. The molecule has 2 N–H and O–H groups in total. The predicted octanol–water partition coefficient (Wildman–Crippen LogP) is 1.03. The van der Waals surface area contributed by atoms with E-state index in [1.807, 2.05) is 19.2 Å². The van der Waals surface area contributed by atoms with E-state index in [0.29, 0.717) is 6.54 Å². The van der Waals surface area contributed by atoms with Crippen molar-refractivity contribution in [3.05, 3.63) is 39.7 Å². The molecule has 100 valence electrons. The molecular weight excluding hydrogens is 242 g/mol. The number of hydrogen-bond acceptors (Lipinski definition) is 3. The van der Waals surface area contributed by atoms with Crippen LogP contribution in [-0.4, -0.2) is 23.4 Å². The van der Waals surface area contributed by atoms with Crippen LogP contribution in [0.4, 0.5) is 0 Å². The van der Waals surface area contributed by atoms with E-state index in [4.69, 9.17) is 4.74 Å². The number of aryl methyl sites for hydroxylation is 1. The van der Waals surface area contributed by atoms with E-state index in [1.54, 1.807) is 7.05 Å². The lowest BCUT2D eigenvalue weighted by atomic mass is 10.0. The molecule has 3 rings (SSSR count). The second kappa shape index (κ2) is 4.59. The average Bonchev–Trinajstić information content (AvgIpc) is 2.98. The monoisotopic (exact) mass is 259 g/mol. The molecule has 0 bridgehead atoms. The number of nitrogens with zero attached hydrogens (tertiary/aromatic N) is 1. The smallest absolute Gasteiger partial charge is 0.271 e. The lowest BCUT2D eigenvalue weighted by Gasteiger charge is -2.04. The molecule has 1 aromatic carbocycles. The fourth-order valence-corrected chi connectivity index (χ4v) is 2.52. The number of benzene rings is 1. The highest BCUT2D eigenvalue weighted by atomic mass is 16.5. The fraction of sp³-hybridized carbons (Fsp3) is 0.357. The molecule has 2 aromatic rings.